The number of nitrogens with one attached hydrogen (secondary N) is 1. The first kappa shape index (κ1) is 21.3. The first-order valence-electron chi connectivity index (χ1n) is 11.7. The van der Waals surface area contributed by atoms with Crippen LogP contribution in [0.1, 0.15) is 36.8 Å². The zero-order valence-electron chi connectivity index (χ0n) is 18.6. The van der Waals surface area contributed by atoms with E-state index in [4.69, 9.17) is 4.74 Å². The van der Waals surface area contributed by atoms with Gasteiger partial charge in [0.1, 0.15) is 11.9 Å². The predicted molar refractivity (Wildman–Crippen MR) is 120 cm³/mol. The summed E-state index contributed by atoms with van der Waals surface area (Å²) >= 11 is 0. The van der Waals surface area contributed by atoms with Crippen molar-refractivity contribution in [1.82, 2.24) is 15.1 Å². The van der Waals surface area contributed by atoms with Crippen LogP contribution in [0.25, 0.3) is 11.3 Å². The summed E-state index contributed by atoms with van der Waals surface area (Å²) < 4.78 is 19.2. The molecule has 7 heteroatoms. The van der Waals surface area contributed by atoms with E-state index in [2.05, 4.69) is 26.5 Å². The van der Waals surface area contributed by atoms with Gasteiger partial charge in [0.05, 0.1) is 11.3 Å². The number of ether oxygens (including phenoxy) is 1. The van der Waals surface area contributed by atoms with Gasteiger partial charge < -0.3 is 15.0 Å². The van der Waals surface area contributed by atoms with Gasteiger partial charge in [0.2, 0.25) is 0 Å². The molecule has 1 aromatic carbocycles. The molecule has 1 aromatic heterocycles. The molecule has 2 aromatic rings. The molecule has 1 saturated carbocycles. The normalized spacial score (nSPS) is 26.1. The maximum Gasteiger partial charge on any atom is 0.166 e. The molecule has 0 bridgehead atoms. The van der Waals surface area contributed by atoms with E-state index in [1.807, 2.05) is 6.92 Å². The standard InChI is InChI=1S/C25H30FN5O/c1-16-2-3-21(26)11-23(16)24-10-18(12-27)25(30-29-24)28-22-8-19-14-31(15-20(19)9-22)13-17-4-6-32-7-5-17/h2-3,10-11,17,19-20,22H,4-9,13-15H2,1H3,(H,28,30)/t19-,20+,22-. The zero-order chi connectivity index (χ0) is 22.1. The Labute approximate surface area is 188 Å². The molecule has 0 spiro atoms. The fourth-order valence-electron chi connectivity index (χ4n) is 5.74. The number of fused-ring (bicyclic) bond motifs is 1. The Kier molecular flexibility index (Phi) is 6.07. The molecule has 32 heavy (non-hydrogen) atoms. The first-order chi connectivity index (χ1) is 15.6. The highest BCUT2D eigenvalue weighted by Crippen LogP contribution is 2.40. The maximum absolute atomic E-state index is 13.7. The summed E-state index contributed by atoms with van der Waals surface area (Å²) in [5.74, 6) is 2.41. The SMILES string of the molecule is Cc1ccc(F)cc1-c1cc(C#N)c(N[C@@H]2C[C@@H]3CN(CC4CCOCC4)C[C@@H]3C2)nn1. The summed E-state index contributed by atoms with van der Waals surface area (Å²) in [6, 6.07) is 8.85. The average Bonchev–Trinajstić information content (AvgIpc) is 3.34. The third kappa shape index (κ3) is 4.48. The fourth-order valence-corrected chi connectivity index (χ4v) is 5.74. The van der Waals surface area contributed by atoms with Crippen LogP contribution in [0.4, 0.5) is 10.2 Å². The molecule has 0 amide bonds. The summed E-state index contributed by atoms with van der Waals surface area (Å²) in [4.78, 5) is 2.65. The highest BCUT2D eigenvalue weighted by molar-refractivity contribution is 5.67. The van der Waals surface area contributed by atoms with Crippen LogP contribution in [0.15, 0.2) is 24.3 Å². The van der Waals surface area contributed by atoms with Crippen LogP contribution in [0.3, 0.4) is 0 Å². The van der Waals surface area contributed by atoms with E-state index in [1.165, 1.54) is 44.6 Å². The van der Waals surface area contributed by atoms with Gasteiger partial charge in [-0.3, -0.25) is 0 Å². The quantitative estimate of drug-likeness (QED) is 0.765. The number of halogens is 1. The Bertz CT molecular complexity index is 1000. The van der Waals surface area contributed by atoms with Crippen LogP contribution in [-0.4, -0.2) is 54.0 Å². The van der Waals surface area contributed by atoms with Gasteiger partial charge in [-0.25, -0.2) is 4.39 Å². The van der Waals surface area contributed by atoms with Crippen LogP contribution < -0.4 is 5.32 Å². The van der Waals surface area contributed by atoms with E-state index in [9.17, 15) is 9.65 Å². The molecule has 3 heterocycles. The van der Waals surface area contributed by atoms with Crippen molar-refractivity contribution >= 4 is 5.82 Å². The molecule has 0 radical (unpaired) electrons. The van der Waals surface area contributed by atoms with Gasteiger partial charge in [-0.1, -0.05) is 6.07 Å². The van der Waals surface area contributed by atoms with Crippen LogP contribution in [-0.2, 0) is 4.74 Å². The third-order valence-electron chi connectivity index (χ3n) is 7.41. The van der Waals surface area contributed by atoms with Crippen molar-refractivity contribution < 1.29 is 9.13 Å². The largest absolute Gasteiger partial charge is 0.381 e. The molecule has 5 rings (SSSR count). The lowest BCUT2D eigenvalue weighted by Gasteiger charge is -2.27. The molecular weight excluding hydrogens is 405 g/mol. The fraction of sp³-hybridized carbons (Fsp3) is 0.560. The van der Waals surface area contributed by atoms with Gasteiger partial charge in [0, 0.05) is 44.5 Å². The van der Waals surface area contributed by atoms with Crippen molar-refractivity contribution in [1.29, 1.82) is 5.26 Å². The van der Waals surface area contributed by atoms with Crippen LogP contribution in [0.5, 0.6) is 0 Å². The molecule has 1 N–H and O–H groups in total. The second-order valence-corrected chi connectivity index (χ2v) is 9.67. The molecule has 2 aliphatic heterocycles. The lowest BCUT2D eigenvalue weighted by molar-refractivity contribution is 0.0545. The topological polar surface area (TPSA) is 74.1 Å². The highest BCUT2D eigenvalue weighted by Gasteiger charge is 2.41. The van der Waals surface area contributed by atoms with Crippen molar-refractivity contribution in [2.24, 2.45) is 17.8 Å². The monoisotopic (exact) mass is 435 g/mol. The summed E-state index contributed by atoms with van der Waals surface area (Å²) in [6.45, 7) is 7.29. The minimum absolute atomic E-state index is 0.318. The van der Waals surface area contributed by atoms with Crippen LogP contribution in [0, 0.1) is 41.8 Å². The number of aromatic nitrogens is 2. The summed E-state index contributed by atoms with van der Waals surface area (Å²) in [6.07, 6.45) is 4.59. The van der Waals surface area contributed by atoms with Gasteiger partial charge >= 0.3 is 0 Å². The zero-order valence-corrected chi connectivity index (χ0v) is 18.6. The molecular formula is C25H30FN5O. The lowest BCUT2D eigenvalue weighted by Crippen LogP contribution is -2.32. The van der Waals surface area contributed by atoms with Gasteiger partial charge in [-0.2, -0.15) is 5.26 Å². The Morgan fingerprint density at radius 3 is 2.62 bits per heavy atom. The van der Waals surface area contributed by atoms with Crippen LogP contribution in [0.2, 0.25) is 0 Å². The lowest BCUT2D eigenvalue weighted by atomic mass is 10.00. The second kappa shape index (κ2) is 9.13. The molecule has 1 aliphatic carbocycles. The molecule has 168 valence electrons. The summed E-state index contributed by atoms with van der Waals surface area (Å²) in [5.41, 5.74) is 2.55. The Hall–Kier alpha value is -2.56. The first-order valence-corrected chi connectivity index (χ1v) is 11.7. The van der Waals surface area contributed by atoms with Crippen molar-refractivity contribution in [3.63, 3.8) is 0 Å². The number of nitrogens with zero attached hydrogens (tertiary/aromatic N) is 4. The average molecular weight is 436 g/mol. The molecule has 6 nitrogen and oxygen atoms in total. The van der Waals surface area contributed by atoms with E-state index >= 15 is 0 Å². The van der Waals surface area contributed by atoms with E-state index in [-0.39, 0.29) is 5.82 Å². The van der Waals surface area contributed by atoms with Crippen molar-refractivity contribution in [2.45, 2.75) is 38.6 Å². The number of aryl methyl sites for hydroxylation is 1. The number of rotatable bonds is 5. The van der Waals surface area contributed by atoms with Gasteiger partial charge in [0.15, 0.2) is 5.82 Å². The second-order valence-electron chi connectivity index (χ2n) is 9.67. The summed E-state index contributed by atoms with van der Waals surface area (Å²) in [5, 5.41) is 21.8. The number of benzene rings is 1. The van der Waals surface area contributed by atoms with Crippen molar-refractivity contribution in [3.05, 3.63) is 41.2 Å². The van der Waals surface area contributed by atoms with Gasteiger partial charge in [-0.15, -0.1) is 10.2 Å². The Morgan fingerprint density at radius 1 is 1.16 bits per heavy atom. The number of likely N-dealkylation sites (tertiary alicyclic amines) is 1. The van der Waals surface area contributed by atoms with E-state index in [0.717, 1.165) is 37.5 Å². The van der Waals surface area contributed by atoms with Crippen LogP contribution >= 0.6 is 0 Å². The minimum Gasteiger partial charge on any atom is -0.381 e. The Morgan fingerprint density at radius 2 is 1.91 bits per heavy atom. The van der Waals surface area contributed by atoms with E-state index in [1.54, 1.807) is 12.1 Å². The molecule has 0 unspecified atom stereocenters. The number of hydrogen-bond donors (Lipinski definition) is 1. The van der Waals surface area contributed by atoms with Gasteiger partial charge in [-0.05, 0) is 74.1 Å². The highest BCUT2D eigenvalue weighted by atomic mass is 19.1. The minimum atomic E-state index is -0.323. The maximum atomic E-state index is 13.7. The van der Waals surface area contributed by atoms with Crippen molar-refractivity contribution in [2.75, 3.05) is 38.2 Å². The summed E-state index contributed by atoms with van der Waals surface area (Å²) in [7, 11) is 0. The molecule has 2 saturated heterocycles. The number of hydrogen-bond acceptors (Lipinski definition) is 6. The van der Waals surface area contributed by atoms with E-state index < -0.39 is 0 Å². The number of nitriles is 1. The Balaban J connectivity index is 1.21. The van der Waals surface area contributed by atoms with E-state index in [0.29, 0.717) is 40.5 Å². The molecule has 3 aliphatic rings. The molecule has 3 fully saturated rings. The number of anilines is 1. The van der Waals surface area contributed by atoms with Crippen molar-refractivity contribution in [3.8, 4) is 17.3 Å². The van der Waals surface area contributed by atoms with Gasteiger partial charge in [0.25, 0.3) is 0 Å². The third-order valence-corrected chi connectivity index (χ3v) is 7.41. The molecule has 3 atom stereocenters. The smallest absolute Gasteiger partial charge is 0.166 e. The predicted octanol–water partition coefficient (Wildman–Crippen LogP) is 4.01.